The molecule has 0 fully saturated rings. The Morgan fingerprint density at radius 1 is 1.19 bits per heavy atom. The molecule has 0 saturated heterocycles. The minimum Gasteiger partial charge on any atom is -0.326 e. The first-order valence-electron chi connectivity index (χ1n) is 6.86. The van der Waals surface area contributed by atoms with Crippen molar-refractivity contribution in [3.05, 3.63) is 64.1 Å². The van der Waals surface area contributed by atoms with E-state index in [0.717, 1.165) is 21.3 Å². The van der Waals surface area contributed by atoms with E-state index in [1.807, 2.05) is 62.4 Å². The van der Waals surface area contributed by atoms with Crippen LogP contribution in [0.2, 0.25) is 0 Å². The van der Waals surface area contributed by atoms with Crippen LogP contribution >= 0.6 is 15.9 Å². The number of halogens is 1. The molecule has 1 amide bonds. The van der Waals surface area contributed by atoms with Crippen LogP contribution in [0.4, 0.5) is 5.69 Å². The highest BCUT2D eigenvalue weighted by atomic mass is 79.9. The standard InChI is InChI=1S/C17H19BrN2O/c1-11-10-14(8-9-15(11)18)20-17(21)12(2)16(19)13-6-4-3-5-7-13/h3-10,12,16H,19H2,1-2H3,(H,20,21). The minimum absolute atomic E-state index is 0.0759. The maximum Gasteiger partial charge on any atom is 0.229 e. The summed E-state index contributed by atoms with van der Waals surface area (Å²) in [6.45, 7) is 3.83. The van der Waals surface area contributed by atoms with E-state index < -0.39 is 0 Å². The zero-order valence-electron chi connectivity index (χ0n) is 12.1. The number of benzene rings is 2. The fourth-order valence-corrected chi connectivity index (χ4v) is 2.35. The zero-order chi connectivity index (χ0) is 15.4. The molecule has 0 spiro atoms. The van der Waals surface area contributed by atoms with Gasteiger partial charge in [-0.05, 0) is 36.2 Å². The lowest BCUT2D eigenvalue weighted by Gasteiger charge is -2.20. The van der Waals surface area contributed by atoms with Gasteiger partial charge in [0.05, 0.1) is 5.92 Å². The molecule has 2 rings (SSSR count). The molecular weight excluding hydrogens is 328 g/mol. The maximum absolute atomic E-state index is 12.3. The van der Waals surface area contributed by atoms with Crippen molar-refractivity contribution in [3.63, 3.8) is 0 Å². The molecule has 4 heteroatoms. The number of aryl methyl sites for hydroxylation is 1. The van der Waals surface area contributed by atoms with Crippen LogP contribution in [0.5, 0.6) is 0 Å². The zero-order valence-corrected chi connectivity index (χ0v) is 13.7. The highest BCUT2D eigenvalue weighted by Crippen LogP contribution is 2.23. The first-order chi connectivity index (χ1) is 9.99. The van der Waals surface area contributed by atoms with Crippen molar-refractivity contribution in [1.82, 2.24) is 0 Å². The van der Waals surface area contributed by atoms with E-state index in [2.05, 4.69) is 21.2 Å². The molecule has 3 N–H and O–H groups in total. The van der Waals surface area contributed by atoms with E-state index in [9.17, 15) is 4.79 Å². The number of carbonyl (C=O) groups is 1. The number of nitrogens with two attached hydrogens (primary N) is 1. The quantitative estimate of drug-likeness (QED) is 0.877. The molecule has 0 saturated carbocycles. The minimum atomic E-state index is -0.317. The molecular formula is C17H19BrN2O. The summed E-state index contributed by atoms with van der Waals surface area (Å²) in [6.07, 6.45) is 0. The molecule has 2 unspecified atom stereocenters. The van der Waals surface area contributed by atoms with Crippen molar-refractivity contribution in [1.29, 1.82) is 0 Å². The summed E-state index contributed by atoms with van der Waals surface area (Å²) in [6, 6.07) is 15.1. The van der Waals surface area contributed by atoms with E-state index in [1.54, 1.807) is 0 Å². The molecule has 0 aliphatic rings. The topological polar surface area (TPSA) is 55.1 Å². The molecule has 110 valence electrons. The third kappa shape index (κ3) is 3.93. The molecule has 21 heavy (non-hydrogen) atoms. The average Bonchev–Trinajstić information content (AvgIpc) is 2.50. The third-order valence-corrected chi connectivity index (χ3v) is 4.45. The Labute approximate surface area is 133 Å². The number of nitrogens with one attached hydrogen (secondary N) is 1. The van der Waals surface area contributed by atoms with Crippen LogP contribution in [0.15, 0.2) is 53.0 Å². The van der Waals surface area contributed by atoms with Crippen LogP contribution in [0.3, 0.4) is 0 Å². The third-order valence-electron chi connectivity index (χ3n) is 3.56. The van der Waals surface area contributed by atoms with Gasteiger partial charge in [0, 0.05) is 16.2 Å². The van der Waals surface area contributed by atoms with Crippen molar-refractivity contribution >= 4 is 27.5 Å². The Morgan fingerprint density at radius 2 is 1.86 bits per heavy atom. The Kier molecular flexibility index (Phi) is 5.15. The predicted octanol–water partition coefficient (Wildman–Crippen LogP) is 4.03. The molecule has 2 atom stereocenters. The van der Waals surface area contributed by atoms with E-state index >= 15 is 0 Å². The number of hydrogen-bond donors (Lipinski definition) is 2. The lowest BCUT2D eigenvalue weighted by Crippen LogP contribution is -2.30. The number of hydrogen-bond acceptors (Lipinski definition) is 2. The molecule has 0 aliphatic heterocycles. The van der Waals surface area contributed by atoms with Crippen LogP contribution in [-0.4, -0.2) is 5.91 Å². The van der Waals surface area contributed by atoms with Crippen molar-refractivity contribution in [2.75, 3.05) is 5.32 Å². The van der Waals surface area contributed by atoms with Crippen LogP contribution < -0.4 is 11.1 Å². The van der Waals surface area contributed by atoms with Gasteiger partial charge in [0.2, 0.25) is 5.91 Å². The van der Waals surface area contributed by atoms with E-state index in [4.69, 9.17) is 5.73 Å². The SMILES string of the molecule is Cc1cc(NC(=O)C(C)C(N)c2ccccc2)ccc1Br. The molecule has 3 nitrogen and oxygen atoms in total. The average molecular weight is 347 g/mol. The van der Waals surface area contributed by atoms with Crippen molar-refractivity contribution < 1.29 is 4.79 Å². The Hall–Kier alpha value is -1.65. The van der Waals surface area contributed by atoms with Gasteiger partial charge in [-0.25, -0.2) is 0 Å². The van der Waals surface area contributed by atoms with Gasteiger partial charge < -0.3 is 11.1 Å². The normalized spacial score (nSPS) is 13.5. The summed E-state index contributed by atoms with van der Waals surface area (Å²) in [5.41, 5.74) is 9.01. The largest absolute Gasteiger partial charge is 0.326 e. The van der Waals surface area contributed by atoms with Crippen molar-refractivity contribution in [2.24, 2.45) is 11.7 Å². The van der Waals surface area contributed by atoms with Gasteiger partial charge in [-0.2, -0.15) is 0 Å². The summed E-state index contributed by atoms with van der Waals surface area (Å²) < 4.78 is 1.02. The summed E-state index contributed by atoms with van der Waals surface area (Å²) in [5, 5.41) is 2.92. The van der Waals surface area contributed by atoms with Gasteiger partial charge in [0.15, 0.2) is 0 Å². The molecule has 0 heterocycles. The predicted molar refractivity (Wildman–Crippen MR) is 90.0 cm³/mol. The van der Waals surface area contributed by atoms with E-state index in [1.165, 1.54) is 0 Å². The number of anilines is 1. The van der Waals surface area contributed by atoms with Gasteiger partial charge in [0.1, 0.15) is 0 Å². The Bertz CT molecular complexity index is 628. The van der Waals surface area contributed by atoms with Crippen LogP contribution in [-0.2, 0) is 4.79 Å². The van der Waals surface area contributed by atoms with E-state index in [-0.39, 0.29) is 17.9 Å². The summed E-state index contributed by atoms with van der Waals surface area (Å²) in [5.74, 6) is -0.385. The first kappa shape index (κ1) is 15.7. The summed E-state index contributed by atoms with van der Waals surface area (Å²) in [4.78, 5) is 12.3. The number of carbonyl (C=O) groups excluding carboxylic acids is 1. The maximum atomic E-state index is 12.3. The second kappa shape index (κ2) is 6.87. The molecule has 0 bridgehead atoms. The number of rotatable bonds is 4. The van der Waals surface area contributed by atoms with E-state index in [0.29, 0.717) is 0 Å². The lowest BCUT2D eigenvalue weighted by atomic mass is 9.94. The lowest BCUT2D eigenvalue weighted by molar-refractivity contribution is -0.120. The molecule has 0 radical (unpaired) electrons. The first-order valence-corrected chi connectivity index (χ1v) is 7.66. The number of amides is 1. The molecule has 0 aromatic heterocycles. The van der Waals surface area contributed by atoms with Gasteiger partial charge in [-0.3, -0.25) is 4.79 Å². The second-order valence-electron chi connectivity index (χ2n) is 5.18. The van der Waals surface area contributed by atoms with Crippen LogP contribution in [0.1, 0.15) is 24.1 Å². The van der Waals surface area contributed by atoms with Crippen molar-refractivity contribution in [3.8, 4) is 0 Å². The fourth-order valence-electron chi connectivity index (χ4n) is 2.11. The van der Waals surface area contributed by atoms with Gasteiger partial charge in [-0.15, -0.1) is 0 Å². The molecule has 0 aliphatic carbocycles. The monoisotopic (exact) mass is 346 g/mol. The second-order valence-corrected chi connectivity index (χ2v) is 6.03. The summed E-state index contributed by atoms with van der Waals surface area (Å²) >= 11 is 3.45. The van der Waals surface area contributed by atoms with Gasteiger partial charge >= 0.3 is 0 Å². The Morgan fingerprint density at radius 3 is 2.48 bits per heavy atom. The Balaban J connectivity index is 2.07. The van der Waals surface area contributed by atoms with Crippen LogP contribution in [0, 0.1) is 12.8 Å². The highest BCUT2D eigenvalue weighted by molar-refractivity contribution is 9.10. The van der Waals surface area contributed by atoms with Crippen LogP contribution in [0.25, 0.3) is 0 Å². The summed E-state index contributed by atoms with van der Waals surface area (Å²) in [7, 11) is 0. The molecule has 2 aromatic rings. The van der Waals surface area contributed by atoms with Gasteiger partial charge in [0.25, 0.3) is 0 Å². The molecule has 2 aromatic carbocycles. The highest BCUT2D eigenvalue weighted by Gasteiger charge is 2.22. The van der Waals surface area contributed by atoms with Gasteiger partial charge in [-0.1, -0.05) is 53.2 Å². The fraction of sp³-hybridized carbons (Fsp3) is 0.235. The van der Waals surface area contributed by atoms with Crippen molar-refractivity contribution in [2.45, 2.75) is 19.9 Å². The smallest absolute Gasteiger partial charge is 0.229 e.